The summed E-state index contributed by atoms with van der Waals surface area (Å²) in [5.74, 6) is 4.86. The lowest BCUT2D eigenvalue weighted by molar-refractivity contribution is 0.347. The Bertz CT molecular complexity index is 648. The summed E-state index contributed by atoms with van der Waals surface area (Å²) >= 11 is 0. The molecule has 1 heteroatoms. The summed E-state index contributed by atoms with van der Waals surface area (Å²) in [5.41, 5.74) is 2.84. The molecular formula is C30H46O. The molecule has 0 amide bonds. The third-order valence-corrected chi connectivity index (χ3v) is 6.82. The monoisotopic (exact) mass is 422 g/mol. The van der Waals surface area contributed by atoms with Crippen LogP contribution in [0.15, 0.2) is 48.5 Å². The average Bonchev–Trinajstić information content (AvgIpc) is 2.76. The maximum absolute atomic E-state index is 6.12. The fourth-order valence-electron chi connectivity index (χ4n) is 4.40. The van der Waals surface area contributed by atoms with Crippen LogP contribution in [0.4, 0.5) is 0 Å². The number of unbranched alkanes of at least 4 members (excludes halogenated alkanes) is 2. The van der Waals surface area contributed by atoms with Gasteiger partial charge in [-0.3, -0.25) is 0 Å². The van der Waals surface area contributed by atoms with E-state index in [4.69, 9.17) is 4.74 Å². The van der Waals surface area contributed by atoms with E-state index in [9.17, 15) is 0 Å². The highest BCUT2D eigenvalue weighted by Gasteiger charge is 2.15. The van der Waals surface area contributed by atoms with Gasteiger partial charge in [0, 0.05) is 0 Å². The van der Waals surface area contributed by atoms with Crippen LogP contribution < -0.4 is 4.74 Å². The molecule has 2 aromatic carbocycles. The fourth-order valence-corrected chi connectivity index (χ4v) is 4.40. The number of hydrogen-bond acceptors (Lipinski definition) is 1. The summed E-state index contributed by atoms with van der Waals surface area (Å²) in [6, 6.07) is 17.5. The van der Waals surface area contributed by atoms with E-state index in [1.165, 1.54) is 62.5 Å². The first-order chi connectivity index (χ1) is 14.9. The predicted octanol–water partition coefficient (Wildman–Crippen LogP) is 9.49. The normalized spacial score (nSPS) is 13.5. The van der Waals surface area contributed by atoms with Crippen LogP contribution in [-0.2, 0) is 12.8 Å². The van der Waals surface area contributed by atoms with E-state index >= 15 is 0 Å². The zero-order chi connectivity index (χ0) is 22.6. The number of hydrogen-bond donors (Lipinski definition) is 0. The van der Waals surface area contributed by atoms with E-state index < -0.39 is 0 Å². The van der Waals surface area contributed by atoms with Crippen molar-refractivity contribution < 1.29 is 4.74 Å². The fraction of sp³-hybridized carbons (Fsp3) is 0.600. The van der Waals surface area contributed by atoms with Gasteiger partial charge in [0.15, 0.2) is 0 Å². The standard InChI is InChI=1S/C30H46O/c1-7-9-11-27(23(3)4)21-25-13-17-29(18-14-25)31-30-19-15-26(16-20-30)22-28(24(5)6)12-10-8-2/h13-20,23-24,27-28H,7-12,21-22H2,1-6H3. The minimum atomic E-state index is 0.734. The molecule has 2 aromatic rings. The average molecular weight is 423 g/mol. The van der Waals surface area contributed by atoms with E-state index in [0.29, 0.717) is 0 Å². The Hall–Kier alpha value is -1.76. The van der Waals surface area contributed by atoms with Gasteiger partial charge in [-0.1, -0.05) is 91.5 Å². The van der Waals surface area contributed by atoms with E-state index in [0.717, 1.165) is 35.2 Å². The lowest BCUT2D eigenvalue weighted by Gasteiger charge is -2.21. The van der Waals surface area contributed by atoms with Gasteiger partial charge < -0.3 is 4.74 Å². The minimum absolute atomic E-state index is 0.734. The van der Waals surface area contributed by atoms with Crippen molar-refractivity contribution >= 4 is 0 Å². The van der Waals surface area contributed by atoms with Gasteiger partial charge in [0.1, 0.15) is 11.5 Å². The van der Waals surface area contributed by atoms with Crippen LogP contribution >= 0.6 is 0 Å². The Morgan fingerprint density at radius 2 is 0.935 bits per heavy atom. The molecule has 172 valence electrons. The summed E-state index contributed by atoms with van der Waals surface area (Å²) in [6.45, 7) is 14.0. The molecule has 0 radical (unpaired) electrons. The molecule has 2 atom stereocenters. The molecule has 0 aliphatic carbocycles. The van der Waals surface area contributed by atoms with Gasteiger partial charge in [0.25, 0.3) is 0 Å². The number of ether oxygens (including phenoxy) is 1. The van der Waals surface area contributed by atoms with E-state index in [1.54, 1.807) is 0 Å². The molecule has 0 saturated carbocycles. The highest BCUT2D eigenvalue weighted by Crippen LogP contribution is 2.28. The summed E-state index contributed by atoms with van der Waals surface area (Å²) in [6.07, 6.45) is 10.2. The summed E-state index contributed by atoms with van der Waals surface area (Å²) in [4.78, 5) is 0. The van der Waals surface area contributed by atoms with Crippen molar-refractivity contribution in [1.29, 1.82) is 0 Å². The van der Waals surface area contributed by atoms with Crippen molar-refractivity contribution in [2.24, 2.45) is 23.7 Å². The molecule has 2 rings (SSSR count). The number of benzene rings is 2. The second-order valence-electron chi connectivity index (χ2n) is 10.1. The molecule has 31 heavy (non-hydrogen) atoms. The lowest BCUT2D eigenvalue weighted by atomic mass is 9.85. The largest absolute Gasteiger partial charge is 0.457 e. The van der Waals surface area contributed by atoms with Gasteiger partial charge in [-0.25, -0.2) is 0 Å². The zero-order valence-corrected chi connectivity index (χ0v) is 21.0. The van der Waals surface area contributed by atoms with Crippen molar-refractivity contribution in [2.45, 2.75) is 92.9 Å². The minimum Gasteiger partial charge on any atom is -0.457 e. The molecule has 0 aliphatic heterocycles. The van der Waals surface area contributed by atoms with Gasteiger partial charge >= 0.3 is 0 Å². The third kappa shape index (κ3) is 9.09. The van der Waals surface area contributed by atoms with E-state index in [2.05, 4.69) is 90.1 Å². The smallest absolute Gasteiger partial charge is 0.127 e. The van der Waals surface area contributed by atoms with Gasteiger partial charge in [0.2, 0.25) is 0 Å². The first kappa shape index (κ1) is 25.5. The molecule has 0 aromatic heterocycles. The molecular weight excluding hydrogens is 376 g/mol. The highest BCUT2D eigenvalue weighted by molar-refractivity contribution is 5.35. The van der Waals surface area contributed by atoms with Gasteiger partial charge in [-0.15, -0.1) is 0 Å². The zero-order valence-electron chi connectivity index (χ0n) is 21.0. The Balaban J connectivity index is 1.92. The quantitative estimate of drug-likeness (QED) is 0.294. The Labute approximate surface area is 192 Å². The van der Waals surface area contributed by atoms with Crippen LogP contribution in [0.3, 0.4) is 0 Å². The van der Waals surface area contributed by atoms with Crippen LogP contribution in [0.2, 0.25) is 0 Å². The first-order valence-electron chi connectivity index (χ1n) is 12.8. The maximum Gasteiger partial charge on any atom is 0.127 e. The Kier molecular flexibility index (Phi) is 11.2. The molecule has 0 fully saturated rings. The second kappa shape index (κ2) is 13.6. The molecule has 0 spiro atoms. The molecule has 1 nitrogen and oxygen atoms in total. The number of rotatable bonds is 14. The van der Waals surface area contributed by atoms with E-state index in [-0.39, 0.29) is 0 Å². The molecule has 2 unspecified atom stereocenters. The Morgan fingerprint density at radius 1 is 0.581 bits per heavy atom. The molecule has 0 aliphatic rings. The lowest BCUT2D eigenvalue weighted by Crippen LogP contribution is -2.12. The van der Waals surface area contributed by atoms with E-state index in [1.807, 2.05) is 0 Å². The van der Waals surface area contributed by atoms with Gasteiger partial charge in [0.05, 0.1) is 0 Å². The SMILES string of the molecule is CCCCC(Cc1ccc(Oc2ccc(CC(CCCC)C(C)C)cc2)cc1)C(C)C. The molecule has 0 bridgehead atoms. The van der Waals surface area contributed by atoms with Gasteiger partial charge in [-0.05, 0) is 84.7 Å². The molecule has 0 heterocycles. The molecule has 0 N–H and O–H groups in total. The van der Waals surface area contributed by atoms with Crippen LogP contribution in [0, 0.1) is 23.7 Å². The topological polar surface area (TPSA) is 9.23 Å². The van der Waals surface area contributed by atoms with Crippen molar-refractivity contribution in [2.75, 3.05) is 0 Å². The van der Waals surface area contributed by atoms with Crippen LogP contribution in [0.5, 0.6) is 11.5 Å². The predicted molar refractivity (Wildman–Crippen MR) is 136 cm³/mol. The van der Waals surface area contributed by atoms with Crippen molar-refractivity contribution in [3.63, 3.8) is 0 Å². The second-order valence-corrected chi connectivity index (χ2v) is 10.1. The summed E-state index contributed by atoms with van der Waals surface area (Å²) in [7, 11) is 0. The van der Waals surface area contributed by atoms with Crippen LogP contribution in [-0.4, -0.2) is 0 Å². The van der Waals surface area contributed by atoms with Crippen molar-refractivity contribution in [3.05, 3.63) is 59.7 Å². The highest BCUT2D eigenvalue weighted by atomic mass is 16.5. The van der Waals surface area contributed by atoms with Crippen molar-refractivity contribution in [1.82, 2.24) is 0 Å². The summed E-state index contributed by atoms with van der Waals surface area (Å²) in [5, 5.41) is 0. The molecule has 0 saturated heterocycles. The van der Waals surface area contributed by atoms with Crippen LogP contribution in [0.1, 0.15) is 91.2 Å². The summed E-state index contributed by atoms with van der Waals surface area (Å²) < 4.78 is 6.12. The maximum atomic E-state index is 6.12. The van der Waals surface area contributed by atoms with Crippen LogP contribution in [0.25, 0.3) is 0 Å². The third-order valence-electron chi connectivity index (χ3n) is 6.82. The van der Waals surface area contributed by atoms with Gasteiger partial charge in [-0.2, -0.15) is 0 Å². The van der Waals surface area contributed by atoms with Crippen molar-refractivity contribution in [3.8, 4) is 11.5 Å². The first-order valence-corrected chi connectivity index (χ1v) is 12.8. The Morgan fingerprint density at radius 3 is 1.23 bits per heavy atom.